The number of nitrogens with zero attached hydrogens (tertiary/aromatic N) is 4. The lowest BCUT2D eigenvalue weighted by molar-refractivity contribution is 0.210. The van der Waals surface area contributed by atoms with Crippen molar-refractivity contribution < 1.29 is 4.39 Å². The first-order valence-electron chi connectivity index (χ1n) is 8.64. The summed E-state index contributed by atoms with van der Waals surface area (Å²) >= 11 is 0. The number of benzene rings is 1. The first-order valence-corrected chi connectivity index (χ1v) is 8.64. The zero-order chi connectivity index (χ0) is 17.6. The molecular formula is C19H16BFN5. The highest BCUT2D eigenvalue weighted by Crippen LogP contribution is 2.32. The summed E-state index contributed by atoms with van der Waals surface area (Å²) in [5.41, 5.74) is 2.86. The Hall–Kier alpha value is -2.96. The first-order chi connectivity index (χ1) is 12.7. The summed E-state index contributed by atoms with van der Waals surface area (Å²) in [5, 5.41) is 8.55. The minimum absolute atomic E-state index is 0.237. The fraction of sp³-hybridized carbons (Fsp3) is 0.211. The molecule has 5 rings (SSSR count). The predicted molar refractivity (Wildman–Crippen MR) is 101 cm³/mol. The molecule has 0 unspecified atom stereocenters. The Morgan fingerprint density at radius 2 is 2.12 bits per heavy atom. The fourth-order valence-corrected chi connectivity index (χ4v) is 3.31. The van der Waals surface area contributed by atoms with E-state index in [1.165, 1.54) is 0 Å². The molecule has 1 fully saturated rings. The number of hydrogen-bond acceptors (Lipinski definition) is 4. The molecule has 4 heterocycles. The van der Waals surface area contributed by atoms with Crippen molar-refractivity contribution in [2.45, 2.75) is 18.3 Å². The Morgan fingerprint density at radius 3 is 2.96 bits per heavy atom. The molecule has 26 heavy (non-hydrogen) atoms. The van der Waals surface area contributed by atoms with Crippen LogP contribution in [0.3, 0.4) is 0 Å². The molecule has 0 amide bonds. The van der Waals surface area contributed by atoms with Gasteiger partial charge in [-0.3, -0.25) is 4.98 Å². The number of pyridine rings is 1. The third kappa shape index (κ3) is 2.60. The maximum Gasteiger partial charge on any atom is 0.241 e. The number of rotatable bonds is 4. The fourth-order valence-electron chi connectivity index (χ4n) is 3.31. The van der Waals surface area contributed by atoms with Crippen LogP contribution >= 0.6 is 0 Å². The van der Waals surface area contributed by atoms with Crippen molar-refractivity contribution in [1.29, 1.82) is 0 Å². The zero-order valence-corrected chi connectivity index (χ0v) is 14.1. The van der Waals surface area contributed by atoms with Crippen molar-refractivity contribution in [2.75, 3.05) is 11.9 Å². The van der Waals surface area contributed by atoms with E-state index in [1.807, 2.05) is 37.7 Å². The highest BCUT2D eigenvalue weighted by molar-refractivity contribution is 6.40. The number of hydrogen-bond donors (Lipinski definition) is 1. The molecule has 1 radical (unpaired) electrons. The van der Waals surface area contributed by atoms with Crippen molar-refractivity contribution >= 4 is 29.6 Å². The monoisotopic (exact) mass is 344 g/mol. The van der Waals surface area contributed by atoms with Gasteiger partial charge in [0.1, 0.15) is 12.9 Å². The van der Waals surface area contributed by atoms with E-state index in [9.17, 15) is 4.39 Å². The number of anilines is 1. The molecule has 127 valence electrons. The molecule has 4 aromatic rings. The molecule has 0 aliphatic carbocycles. The molecule has 1 aliphatic rings. The number of halogens is 1. The highest BCUT2D eigenvalue weighted by Gasteiger charge is 2.37. The van der Waals surface area contributed by atoms with Crippen molar-refractivity contribution in [3.8, 4) is 11.1 Å². The molecule has 0 bridgehead atoms. The van der Waals surface area contributed by atoms with E-state index in [2.05, 4.69) is 32.5 Å². The number of fused-ring (bicyclic) bond motifs is 2. The Bertz CT molecular complexity index is 1110. The molecule has 5 nitrogen and oxygen atoms in total. The van der Waals surface area contributed by atoms with Crippen LogP contribution < -0.4 is 5.32 Å². The molecule has 0 saturated carbocycles. The van der Waals surface area contributed by atoms with Gasteiger partial charge in [-0.1, -0.05) is 12.1 Å². The van der Waals surface area contributed by atoms with Gasteiger partial charge in [-0.05, 0) is 42.5 Å². The second kappa shape index (κ2) is 5.80. The average Bonchev–Trinajstić information content (AvgIpc) is 3.07. The molecule has 1 aromatic carbocycles. The summed E-state index contributed by atoms with van der Waals surface area (Å²) < 4.78 is 15.9. The highest BCUT2D eigenvalue weighted by atomic mass is 19.1. The maximum atomic E-state index is 14.1. The van der Waals surface area contributed by atoms with Crippen molar-refractivity contribution in [1.82, 2.24) is 19.6 Å². The van der Waals surface area contributed by atoms with Crippen LogP contribution in [0.1, 0.15) is 0 Å². The second-order valence-corrected chi connectivity index (χ2v) is 6.75. The van der Waals surface area contributed by atoms with E-state index in [-0.39, 0.29) is 6.54 Å². The second-order valence-electron chi connectivity index (χ2n) is 6.75. The summed E-state index contributed by atoms with van der Waals surface area (Å²) in [6.45, 7) is 0.237. The maximum absolute atomic E-state index is 14.1. The van der Waals surface area contributed by atoms with Gasteiger partial charge in [0.15, 0.2) is 0 Å². The Kier molecular flexibility index (Phi) is 3.41. The van der Waals surface area contributed by atoms with E-state index < -0.39 is 5.67 Å². The molecule has 1 aliphatic heterocycles. The van der Waals surface area contributed by atoms with Crippen molar-refractivity contribution in [2.24, 2.45) is 0 Å². The smallest absolute Gasteiger partial charge is 0.241 e. The van der Waals surface area contributed by atoms with E-state index in [1.54, 1.807) is 16.9 Å². The third-order valence-electron chi connectivity index (χ3n) is 4.91. The first kappa shape index (κ1) is 15.3. The van der Waals surface area contributed by atoms with Gasteiger partial charge in [0.25, 0.3) is 0 Å². The van der Waals surface area contributed by atoms with Crippen LogP contribution in [-0.4, -0.2) is 39.1 Å². The average molecular weight is 344 g/mol. The van der Waals surface area contributed by atoms with Crippen LogP contribution in [0.4, 0.5) is 10.3 Å². The summed E-state index contributed by atoms with van der Waals surface area (Å²) in [5.74, 6) is 0.436. The van der Waals surface area contributed by atoms with Crippen LogP contribution in [0, 0.1) is 0 Å². The molecule has 0 atom stereocenters. The van der Waals surface area contributed by atoms with Crippen molar-refractivity contribution in [3.05, 3.63) is 55.0 Å². The standard InChI is InChI=1S/C19H16BFN5/c21-19(10-20-11-19)12-24-18-23-9-17-15(5-7-26(17)25-18)13-3-4-16-14(8-13)2-1-6-22-16/h1-9H,10-12H2,(H,24,25). The topological polar surface area (TPSA) is 55.1 Å². The number of nitrogens with one attached hydrogen (secondary N) is 1. The van der Waals surface area contributed by atoms with E-state index >= 15 is 0 Å². The van der Waals surface area contributed by atoms with Crippen LogP contribution in [-0.2, 0) is 0 Å². The van der Waals surface area contributed by atoms with Gasteiger partial charge in [-0.25, -0.2) is 13.9 Å². The summed E-state index contributed by atoms with van der Waals surface area (Å²) in [7, 11) is 1.95. The largest absolute Gasteiger partial charge is 0.350 e. The molecule has 7 heteroatoms. The SMILES string of the molecule is FC1(CNc2ncc3c(-c4ccc5ncccc5c4)ccn3n2)C[B]C1. The third-order valence-corrected chi connectivity index (χ3v) is 4.91. The minimum Gasteiger partial charge on any atom is -0.350 e. The summed E-state index contributed by atoms with van der Waals surface area (Å²) in [4.78, 5) is 8.72. The number of alkyl halides is 1. The molecular weight excluding hydrogens is 328 g/mol. The zero-order valence-electron chi connectivity index (χ0n) is 14.1. The van der Waals surface area contributed by atoms with Gasteiger partial charge in [-0.2, -0.15) is 0 Å². The van der Waals surface area contributed by atoms with Gasteiger partial charge in [0, 0.05) is 23.3 Å². The molecule has 3 aromatic heterocycles. The minimum atomic E-state index is -1.15. The Labute approximate surface area is 150 Å². The van der Waals surface area contributed by atoms with E-state index in [0.29, 0.717) is 18.6 Å². The normalized spacial score (nSPS) is 15.6. The van der Waals surface area contributed by atoms with Gasteiger partial charge in [-0.15, -0.1) is 5.10 Å². The number of aromatic nitrogens is 4. The van der Waals surface area contributed by atoms with Crippen molar-refractivity contribution in [3.63, 3.8) is 0 Å². The molecule has 1 N–H and O–H groups in total. The lowest BCUT2D eigenvalue weighted by Crippen LogP contribution is -2.42. The van der Waals surface area contributed by atoms with E-state index in [0.717, 1.165) is 27.5 Å². The lowest BCUT2D eigenvalue weighted by Gasteiger charge is -2.33. The molecule has 1 saturated heterocycles. The summed E-state index contributed by atoms with van der Waals surface area (Å²) in [6.07, 6.45) is 6.45. The van der Waals surface area contributed by atoms with E-state index in [4.69, 9.17) is 0 Å². The van der Waals surface area contributed by atoms with Crippen LogP contribution in [0.5, 0.6) is 0 Å². The van der Waals surface area contributed by atoms with Gasteiger partial charge in [0.05, 0.1) is 23.8 Å². The van der Waals surface area contributed by atoms with Gasteiger partial charge < -0.3 is 5.32 Å². The Morgan fingerprint density at radius 1 is 1.19 bits per heavy atom. The predicted octanol–water partition coefficient (Wildman–Crippen LogP) is 3.62. The van der Waals surface area contributed by atoms with Gasteiger partial charge in [0.2, 0.25) is 5.95 Å². The van der Waals surface area contributed by atoms with Gasteiger partial charge >= 0.3 is 0 Å². The van der Waals surface area contributed by atoms with Crippen LogP contribution in [0.2, 0.25) is 12.6 Å². The van der Waals surface area contributed by atoms with Crippen LogP contribution in [0.25, 0.3) is 27.5 Å². The molecule has 0 spiro atoms. The quantitative estimate of drug-likeness (QED) is 0.575. The summed E-state index contributed by atoms with van der Waals surface area (Å²) in [6, 6.07) is 12.2. The van der Waals surface area contributed by atoms with Crippen LogP contribution in [0.15, 0.2) is 55.0 Å². The Balaban J connectivity index is 1.46. The lowest BCUT2D eigenvalue weighted by atomic mass is 9.49.